The molecule has 182 valence electrons. The molecule has 3 heterocycles. The van der Waals surface area contributed by atoms with Crippen LogP contribution in [-0.2, 0) is 13.0 Å². The predicted molar refractivity (Wildman–Crippen MR) is 132 cm³/mol. The SMILES string of the molecule is CCc1c(-c2ccc(F)cc2)nn(C/C(N)=N/N(C)N)c1Nc1cc(-n2nc(C)cc2C)ncn1. The Hall–Kier alpha value is -4.32. The molecular formula is C23H28FN11. The Morgan fingerprint density at radius 2 is 1.89 bits per heavy atom. The molecule has 0 aliphatic heterocycles. The van der Waals surface area contributed by atoms with Crippen LogP contribution in [0.1, 0.15) is 23.9 Å². The summed E-state index contributed by atoms with van der Waals surface area (Å²) in [5.74, 6) is 7.43. The van der Waals surface area contributed by atoms with Crippen LogP contribution < -0.4 is 16.9 Å². The largest absolute Gasteiger partial charge is 0.384 e. The normalized spacial score (nSPS) is 11.7. The number of rotatable bonds is 8. The minimum absolute atomic E-state index is 0.174. The van der Waals surface area contributed by atoms with E-state index in [-0.39, 0.29) is 18.2 Å². The summed E-state index contributed by atoms with van der Waals surface area (Å²) < 4.78 is 17.0. The van der Waals surface area contributed by atoms with Gasteiger partial charge in [-0.25, -0.2) is 34.7 Å². The molecule has 0 atom stereocenters. The smallest absolute Gasteiger partial charge is 0.159 e. The Labute approximate surface area is 202 Å². The Bertz CT molecular complexity index is 1350. The minimum Gasteiger partial charge on any atom is -0.384 e. The predicted octanol–water partition coefficient (Wildman–Crippen LogP) is 2.67. The Kier molecular flexibility index (Phi) is 6.73. The van der Waals surface area contributed by atoms with E-state index in [0.29, 0.717) is 29.6 Å². The van der Waals surface area contributed by atoms with Crippen molar-refractivity contribution in [1.29, 1.82) is 0 Å². The highest BCUT2D eigenvalue weighted by molar-refractivity contribution is 5.81. The maximum atomic E-state index is 13.5. The van der Waals surface area contributed by atoms with Crippen LogP contribution >= 0.6 is 0 Å². The van der Waals surface area contributed by atoms with Gasteiger partial charge in [0.1, 0.15) is 36.2 Å². The van der Waals surface area contributed by atoms with E-state index in [9.17, 15) is 4.39 Å². The summed E-state index contributed by atoms with van der Waals surface area (Å²) in [5.41, 5.74) is 10.4. The lowest BCUT2D eigenvalue weighted by Gasteiger charge is -2.13. The molecule has 12 heteroatoms. The standard InChI is InChI=1S/C23H28FN11/c1-5-18-22(16-6-8-17(24)9-7-16)32-34(12-19(25)31-33(4)26)23(18)29-20-11-21(28-13-27-20)35-15(3)10-14(2)30-35/h6-11,13H,5,12,26H2,1-4H3,(H2,25,31)(H,27,28,29). The summed E-state index contributed by atoms with van der Waals surface area (Å²) in [6.07, 6.45) is 2.12. The van der Waals surface area contributed by atoms with Crippen LogP contribution in [0.5, 0.6) is 0 Å². The Morgan fingerprint density at radius 3 is 2.51 bits per heavy atom. The highest BCUT2D eigenvalue weighted by Gasteiger charge is 2.20. The van der Waals surface area contributed by atoms with Gasteiger partial charge in [-0.15, -0.1) is 5.10 Å². The molecule has 4 rings (SSSR count). The van der Waals surface area contributed by atoms with E-state index < -0.39 is 0 Å². The lowest BCUT2D eigenvalue weighted by molar-refractivity contribution is 0.369. The summed E-state index contributed by atoms with van der Waals surface area (Å²) in [6, 6.07) is 9.99. The highest BCUT2D eigenvalue weighted by Crippen LogP contribution is 2.31. The summed E-state index contributed by atoms with van der Waals surface area (Å²) in [4.78, 5) is 8.76. The third-order valence-electron chi connectivity index (χ3n) is 5.25. The molecule has 5 N–H and O–H groups in total. The average Bonchev–Trinajstić information content (AvgIpc) is 3.32. The van der Waals surface area contributed by atoms with Crippen molar-refractivity contribution in [3.63, 3.8) is 0 Å². The van der Waals surface area contributed by atoms with Crippen molar-refractivity contribution in [2.75, 3.05) is 12.4 Å². The number of anilines is 2. The number of hydrazone groups is 1. The van der Waals surface area contributed by atoms with E-state index in [1.54, 1.807) is 34.6 Å². The van der Waals surface area contributed by atoms with Gasteiger partial charge in [-0.2, -0.15) is 10.2 Å². The molecule has 11 nitrogen and oxygen atoms in total. The van der Waals surface area contributed by atoms with Crippen LogP contribution in [0, 0.1) is 19.7 Å². The summed E-state index contributed by atoms with van der Waals surface area (Å²) in [6.45, 7) is 6.09. The van der Waals surface area contributed by atoms with Gasteiger partial charge >= 0.3 is 0 Å². The van der Waals surface area contributed by atoms with Crippen molar-refractivity contribution in [2.45, 2.75) is 33.7 Å². The van der Waals surface area contributed by atoms with E-state index in [1.165, 1.54) is 18.5 Å². The molecule has 4 aromatic rings. The van der Waals surface area contributed by atoms with Crippen LogP contribution in [0.15, 0.2) is 47.8 Å². The fraction of sp³-hybridized carbons (Fsp3) is 0.261. The Morgan fingerprint density at radius 1 is 1.14 bits per heavy atom. The number of hydrazine groups is 1. The maximum absolute atomic E-state index is 13.5. The lowest BCUT2D eigenvalue weighted by Crippen LogP contribution is -2.28. The third-order valence-corrected chi connectivity index (χ3v) is 5.25. The number of benzene rings is 1. The first-order valence-electron chi connectivity index (χ1n) is 11.0. The first kappa shape index (κ1) is 23.8. The monoisotopic (exact) mass is 477 g/mol. The van der Waals surface area contributed by atoms with Gasteiger partial charge in [-0.3, -0.25) is 0 Å². The molecule has 0 saturated heterocycles. The van der Waals surface area contributed by atoms with Gasteiger partial charge in [0, 0.05) is 29.9 Å². The van der Waals surface area contributed by atoms with E-state index in [0.717, 1.165) is 27.6 Å². The molecule has 0 unspecified atom stereocenters. The number of aryl methyl sites for hydroxylation is 2. The number of halogens is 1. The number of amidine groups is 1. The number of aromatic nitrogens is 6. The topological polar surface area (TPSA) is 141 Å². The van der Waals surface area contributed by atoms with E-state index >= 15 is 0 Å². The van der Waals surface area contributed by atoms with Gasteiger partial charge in [0.2, 0.25) is 0 Å². The average molecular weight is 478 g/mol. The first-order chi connectivity index (χ1) is 16.7. The van der Waals surface area contributed by atoms with Crippen molar-refractivity contribution in [3.8, 4) is 17.1 Å². The van der Waals surface area contributed by atoms with Gasteiger partial charge in [0.15, 0.2) is 5.82 Å². The van der Waals surface area contributed by atoms with E-state index in [2.05, 4.69) is 25.5 Å². The summed E-state index contributed by atoms with van der Waals surface area (Å²) in [7, 11) is 1.58. The van der Waals surface area contributed by atoms with Crippen molar-refractivity contribution in [1.82, 2.24) is 34.6 Å². The number of nitrogens with one attached hydrogen (secondary N) is 1. The quantitative estimate of drug-likeness (QED) is 0.152. The van der Waals surface area contributed by atoms with Gasteiger partial charge in [-0.05, 0) is 50.6 Å². The van der Waals surface area contributed by atoms with Crippen LogP contribution in [0.4, 0.5) is 16.0 Å². The highest BCUT2D eigenvalue weighted by atomic mass is 19.1. The zero-order valence-electron chi connectivity index (χ0n) is 20.1. The number of hydrogen-bond acceptors (Lipinski definition) is 8. The second-order valence-corrected chi connectivity index (χ2v) is 8.08. The fourth-order valence-electron chi connectivity index (χ4n) is 3.83. The molecule has 0 spiro atoms. The second kappa shape index (κ2) is 9.89. The van der Waals surface area contributed by atoms with Gasteiger partial charge < -0.3 is 11.1 Å². The third kappa shape index (κ3) is 5.27. The van der Waals surface area contributed by atoms with Crippen molar-refractivity contribution < 1.29 is 4.39 Å². The van der Waals surface area contributed by atoms with Crippen LogP contribution in [0.2, 0.25) is 0 Å². The number of nitrogens with zero attached hydrogens (tertiary/aromatic N) is 8. The summed E-state index contributed by atoms with van der Waals surface area (Å²) in [5, 5.41) is 17.8. The molecule has 1 aromatic carbocycles. The Balaban J connectivity index is 1.78. The van der Waals surface area contributed by atoms with Crippen LogP contribution in [0.25, 0.3) is 17.1 Å². The minimum atomic E-state index is -0.315. The molecular weight excluding hydrogens is 449 g/mol. The zero-order valence-corrected chi connectivity index (χ0v) is 20.1. The van der Waals surface area contributed by atoms with Gasteiger partial charge in [0.05, 0.1) is 11.4 Å². The fourth-order valence-corrected chi connectivity index (χ4v) is 3.83. The first-order valence-corrected chi connectivity index (χ1v) is 11.0. The van der Waals surface area contributed by atoms with Crippen LogP contribution in [-0.4, -0.2) is 47.5 Å². The zero-order chi connectivity index (χ0) is 25.1. The molecule has 0 amide bonds. The second-order valence-electron chi connectivity index (χ2n) is 8.08. The lowest BCUT2D eigenvalue weighted by atomic mass is 10.1. The van der Waals surface area contributed by atoms with Gasteiger partial charge in [-0.1, -0.05) is 6.92 Å². The van der Waals surface area contributed by atoms with E-state index in [1.807, 2.05) is 26.8 Å². The number of hydrogen-bond donors (Lipinski definition) is 3. The molecule has 0 bridgehead atoms. The van der Waals surface area contributed by atoms with Crippen molar-refractivity contribution in [2.24, 2.45) is 16.7 Å². The molecule has 0 fully saturated rings. The molecule has 3 aromatic heterocycles. The maximum Gasteiger partial charge on any atom is 0.159 e. The molecule has 0 radical (unpaired) electrons. The van der Waals surface area contributed by atoms with E-state index in [4.69, 9.17) is 16.7 Å². The van der Waals surface area contributed by atoms with Crippen molar-refractivity contribution >= 4 is 17.5 Å². The number of nitrogens with two attached hydrogens (primary N) is 2. The molecule has 0 aliphatic carbocycles. The molecule has 0 aliphatic rings. The van der Waals surface area contributed by atoms with Crippen LogP contribution in [0.3, 0.4) is 0 Å². The molecule has 0 saturated carbocycles. The molecule has 35 heavy (non-hydrogen) atoms. The van der Waals surface area contributed by atoms with Crippen molar-refractivity contribution in [3.05, 3.63) is 65.5 Å². The van der Waals surface area contributed by atoms with Gasteiger partial charge in [0.25, 0.3) is 0 Å². The summed E-state index contributed by atoms with van der Waals surface area (Å²) >= 11 is 0.